The molecule has 0 atom stereocenters. The number of hydrogen-bond acceptors (Lipinski definition) is 5. The van der Waals surface area contributed by atoms with Crippen LogP contribution in [0.25, 0.3) is 0 Å². The normalized spacial score (nSPS) is 13.5. The molecule has 4 rings (SSSR count). The Labute approximate surface area is 181 Å². The minimum Gasteiger partial charge on any atom is -0.495 e. The number of ether oxygens (including phenoxy) is 1. The third-order valence-corrected chi connectivity index (χ3v) is 5.52. The largest absolute Gasteiger partial charge is 0.495 e. The summed E-state index contributed by atoms with van der Waals surface area (Å²) in [6.45, 7) is 3.93. The third kappa shape index (κ3) is 4.67. The average molecular weight is 418 g/mol. The number of anilines is 1. The van der Waals surface area contributed by atoms with Crippen LogP contribution < -0.4 is 15.6 Å². The lowest BCUT2D eigenvalue weighted by atomic mass is 10.1. The molecule has 160 valence electrons. The zero-order valence-corrected chi connectivity index (χ0v) is 17.8. The summed E-state index contributed by atoms with van der Waals surface area (Å²) in [5, 5.41) is 2.82. The summed E-state index contributed by atoms with van der Waals surface area (Å²) < 4.78 is 6.73. The van der Waals surface area contributed by atoms with E-state index in [1.807, 2.05) is 30.3 Å². The van der Waals surface area contributed by atoms with Crippen LogP contribution in [0.1, 0.15) is 22.6 Å². The van der Waals surface area contributed by atoms with E-state index in [-0.39, 0.29) is 18.0 Å². The quantitative estimate of drug-likeness (QED) is 0.666. The zero-order chi connectivity index (χ0) is 21.8. The molecular weight excluding hydrogens is 392 g/mol. The minimum absolute atomic E-state index is 0.0866. The second-order valence-electron chi connectivity index (χ2n) is 7.67. The van der Waals surface area contributed by atoms with Gasteiger partial charge in [0.15, 0.2) is 0 Å². The van der Waals surface area contributed by atoms with Gasteiger partial charge in [0.1, 0.15) is 18.1 Å². The van der Waals surface area contributed by atoms with Crippen LogP contribution >= 0.6 is 0 Å². The van der Waals surface area contributed by atoms with E-state index in [2.05, 4.69) is 27.3 Å². The van der Waals surface area contributed by atoms with Crippen molar-refractivity contribution in [2.75, 3.05) is 19.0 Å². The van der Waals surface area contributed by atoms with Crippen molar-refractivity contribution in [2.24, 2.45) is 0 Å². The lowest BCUT2D eigenvalue weighted by Crippen LogP contribution is -2.39. The van der Waals surface area contributed by atoms with Crippen LogP contribution in [0.15, 0.2) is 59.4 Å². The molecule has 0 radical (unpaired) electrons. The van der Waals surface area contributed by atoms with Crippen molar-refractivity contribution in [1.82, 2.24) is 14.5 Å². The Kier molecular flexibility index (Phi) is 6.13. The number of aryl methyl sites for hydroxylation is 1. The van der Waals surface area contributed by atoms with Gasteiger partial charge >= 0.3 is 0 Å². The monoisotopic (exact) mass is 418 g/mol. The maximum absolute atomic E-state index is 13.1. The van der Waals surface area contributed by atoms with Gasteiger partial charge in [-0.3, -0.25) is 19.1 Å². The summed E-state index contributed by atoms with van der Waals surface area (Å²) in [5.41, 5.74) is 3.20. The first-order valence-electron chi connectivity index (χ1n) is 10.3. The number of amides is 1. The summed E-state index contributed by atoms with van der Waals surface area (Å²) in [6, 6.07) is 17.5. The first-order valence-corrected chi connectivity index (χ1v) is 10.3. The van der Waals surface area contributed by atoms with Gasteiger partial charge in [-0.1, -0.05) is 42.5 Å². The summed E-state index contributed by atoms with van der Waals surface area (Å²) in [6.07, 6.45) is 0.627. The van der Waals surface area contributed by atoms with E-state index in [1.54, 1.807) is 26.2 Å². The van der Waals surface area contributed by atoms with Crippen molar-refractivity contribution in [3.63, 3.8) is 0 Å². The van der Waals surface area contributed by atoms with E-state index in [0.717, 1.165) is 18.8 Å². The highest BCUT2D eigenvalue weighted by Gasteiger charge is 2.23. The summed E-state index contributed by atoms with van der Waals surface area (Å²) in [7, 11) is 1.55. The van der Waals surface area contributed by atoms with E-state index >= 15 is 0 Å². The van der Waals surface area contributed by atoms with E-state index in [0.29, 0.717) is 35.8 Å². The number of nitrogens with zero attached hydrogens (tertiary/aromatic N) is 3. The smallest absolute Gasteiger partial charge is 0.257 e. The van der Waals surface area contributed by atoms with Crippen molar-refractivity contribution in [2.45, 2.75) is 33.0 Å². The molecule has 0 bridgehead atoms. The number of rotatable bonds is 6. The Hall–Kier alpha value is -3.45. The molecule has 7 heteroatoms. The number of hydrogen-bond donors (Lipinski definition) is 1. The van der Waals surface area contributed by atoms with Crippen LogP contribution in [0.5, 0.6) is 5.75 Å². The maximum atomic E-state index is 13.1. The van der Waals surface area contributed by atoms with Crippen molar-refractivity contribution in [3.8, 4) is 5.75 Å². The average Bonchev–Trinajstić information content (AvgIpc) is 2.77. The Morgan fingerprint density at radius 2 is 1.87 bits per heavy atom. The standard InChI is InChI=1S/C24H26N4O3/c1-17-25-21-15-27(14-18-8-4-3-5-9-18)13-12-19(21)24(30)28(17)16-23(29)26-20-10-6-7-11-22(20)31-2/h3-11H,12-16H2,1-2H3,(H,26,29). The molecule has 0 unspecified atom stereocenters. The lowest BCUT2D eigenvalue weighted by Gasteiger charge is -2.28. The highest BCUT2D eigenvalue weighted by atomic mass is 16.5. The first-order chi connectivity index (χ1) is 15.0. The fourth-order valence-corrected chi connectivity index (χ4v) is 3.94. The van der Waals surface area contributed by atoms with Gasteiger partial charge in [-0.25, -0.2) is 4.98 Å². The fourth-order valence-electron chi connectivity index (χ4n) is 3.94. The van der Waals surface area contributed by atoms with Gasteiger partial charge in [-0.05, 0) is 31.0 Å². The molecule has 3 aromatic rings. The van der Waals surface area contributed by atoms with Crippen LogP contribution in [0.3, 0.4) is 0 Å². The van der Waals surface area contributed by atoms with Gasteiger partial charge in [-0.15, -0.1) is 0 Å². The van der Waals surface area contributed by atoms with Crippen molar-refractivity contribution in [1.29, 1.82) is 0 Å². The summed E-state index contributed by atoms with van der Waals surface area (Å²) in [4.78, 5) is 32.7. The lowest BCUT2D eigenvalue weighted by molar-refractivity contribution is -0.116. The number of nitrogens with one attached hydrogen (secondary N) is 1. The molecule has 0 saturated heterocycles. The second kappa shape index (κ2) is 9.14. The molecular formula is C24H26N4O3. The van der Waals surface area contributed by atoms with Gasteiger partial charge in [0.25, 0.3) is 5.56 Å². The van der Waals surface area contributed by atoms with E-state index in [9.17, 15) is 9.59 Å². The van der Waals surface area contributed by atoms with Crippen molar-refractivity contribution >= 4 is 11.6 Å². The first kappa shape index (κ1) is 20.8. The van der Waals surface area contributed by atoms with E-state index in [4.69, 9.17) is 4.74 Å². The number of fused-ring (bicyclic) bond motifs is 1. The number of carbonyl (C=O) groups is 1. The fraction of sp³-hybridized carbons (Fsp3) is 0.292. The van der Waals surface area contributed by atoms with Gasteiger partial charge < -0.3 is 10.1 Å². The highest BCUT2D eigenvalue weighted by molar-refractivity contribution is 5.92. The molecule has 2 heterocycles. The summed E-state index contributed by atoms with van der Waals surface area (Å²) in [5.74, 6) is 0.820. The SMILES string of the molecule is COc1ccccc1NC(=O)Cn1c(C)nc2c(c1=O)CCN(Cc1ccccc1)C2. The molecule has 7 nitrogen and oxygen atoms in total. The van der Waals surface area contributed by atoms with Gasteiger partial charge in [0.05, 0.1) is 18.5 Å². The molecule has 0 saturated carbocycles. The number of benzene rings is 2. The highest BCUT2D eigenvalue weighted by Crippen LogP contribution is 2.23. The van der Waals surface area contributed by atoms with Crippen LogP contribution in [0, 0.1) is 6.92 Å². The van der Waals surface area contributed by atoms with Crippen molar-refractivity contribution < 1.29 is 9.53 Å². The predicted molar refractivity (Wildman–Crippen MR) is 119 cm³/mol. The third-order valence-electron chi connectivity index (χ3n) is 5.52. The van der Waals surface area contributed by atoms with Crippen molar-refractivity contribution in [3.05, 3.63) is 87.6 Å². The van der Waals surface area contributed by atoms with Crippen LogP contribution in [0.4, 0.5) is 5.69 Å². The Morgan fingerprint density at radius 3 is 2.65 bits per heavy atom. The van der Waals surface area contributed by atoms with Crippen LogP contribution in [-0.2, 0) is 30.8 Å². The number of aromatic nitrogens is 2. The molecule has 0 spiro atoms. The molecule has 1 N–H and O–H groups in total. The van der Waals surface area contributed by atoms with Gasteiger partial charge in [-0.2, -0.15) is 0 Å². The van der Waals surface area contributed by atoms with Crippen LogP contribution in [0.2, 0.25) is 0 Å². The molecule has 1 aliphatic heterocycles. The molecule has 1 aliphatic rings. The van der Waals surface area contributed by atoms with Crippen LogP contribution in [-0.4, -0.2) is 34.0 Å². The molecule has 0 fully saturated rings. The maximum Gasteiger partial charge on any atom is 0.257 e. The number of carbonyl (C=O) groups excluding carboxylic acids is 1. The minimum atomic E-state index is -0.294. The van der Waals surface area contributed by atoms with E-state index in [1.165, 1.54) is 10.1 Å². The molecule has 1 amide bonds. The van der Waals surface area contributed by atoms with E-state index < -0.39 is 0 Å². The molecule has 31 heavy (non-hydrogen) atoms. The molecule has 0 aliphatic carbocycles. The number of para-hydroxylation sites is 2. The zero-order valence-electron chi connectivity index (χ0n) is 17.8. The topological polar surface area (TPSA) is 76.5 Å². The van der Waals surface area contributed by atoms with Gasteiger partial charge in [0, 0.05) is 25.2 Å². The predicted octanol–water partition coefficient (Wildman–Crippen LogP) is 2.76. The Balaban J connectivity index is 1.50. The van der Waals surface area contributed by atoms with Gasteiger partial charge in [0.2, 0.25) is 5.91 Å². The summed E-state index contributed by atoms with van der Waals surface area (Å²) >= 11 is 0. The number of methoxy groups -OCH3 is 1. The molecule has 1 aromatic heterocycles. The second-order valence-corrected chi connectivity index (χ2v) is 7.67. The Bertz CT molecular complexity index is 1140. The molecule has 2 aromatic carbocycles. The Morgan fingerprint density at radius 1 is 1.13 bits per heavy atom.